The number of nitrogens with zero attached hydrogens (tertiary/aromatic N) is 1. The molecule has 0 aliphatic rings. The van der Waals surface area contributed by atoms with E-state index in [0.29, 0.717) is 17.1 Å². The van der Waals surface area contributed by atoms with Crippen LogP contribution in [-0.2, 0) is 10.0 Å². The van der Waals surface area contributed by atoms with E-state index in [2.05, 4.69) is 0 Å². The fraction of sp³-hybridized carbons (Fsp3) is 0.294. The fourth-order valence-corrected chi connectivity index (χ4v) is 3.34. The van der Waals surface area contributed by atoms with Gasteiger partial charge in [-0.15, -0.1) is 0 Å². The van der Waals surface area contributed by atoms with Crippen LogP contribution in [0.4, 0.5) is 0 Å². The highest BCUT2D eigenvalue weighted by atomic mass is 32.2. The molecule has 4 heteroatoms. The maximum atomic E-state index is 12.8. The summed E-state index contributed by atoms with van der Waals surface area (Å²) in [6.45, 7) is 7.84. The molecule has 1 aromatic carbocycles. The summed E-state index contributed by atoms with van der Waals surface area (Å²) in [7, 11) is -3.56. The van der Waals surface area contributed by atoms with Gasteiger partial charge in [-0.3, -0.25) is 4.31 Å². The van der Waals surface area contributed by atoms with Crippen molar-refractivity contribution in [3.8, 4) is 0 Å². The van der Waals surface area contributed by atoms with Crippen molar-refractivity contribution < 1.29 is 8.42 Å². The van der Waals surface area contributed by atoms with Crippen molar-refractivity contribution in [2.75, 3.05) is 6.54 Å². The van der Waals surface area contributed by atoms with Crippen LogP contribution in [0, 0.1) is 6.92 Å². The van der Waals surface area contributed by atoms with E-state index in [4.69, 9.17) is 0 Å². The van der Waals surface area contributed by atoms with Crippen LogP contribution >= 0.6 is 0 Å². The number of allylic oxidation sites excluding steroid dienone is 4. The predicted octanol–water partition coefficient (Wildman–Crippen LogP) is 4.04. The minimum Gasteiger partial charge on any atom is -0.263 e. The van der Waals surface area contributed by atoms with Crippen LogP contribution in [0.25, 0.3) is 0 Å². The zero-order chi connectivity index (χ0) is 15.9. The highest BCUT2D eigenvalue weighted by molar-refractivity contribution is 7.89. The Bertz CT molecular complexity index is 638. The Labute approximate surface area is 128 Å². The monoisotopic (exact) mass is 305 g/mol. The Hall–Kier alpha value is -1.81. The lowest BCUT2D eigenvalue weighted by Crippen LogP contribution is -2.30. The molecule has 0 saturated carbocycles. The van der Waals surface area contributed by atoms with Gasteiger partial charge in [0, 0.05) is 5.70 Å². The highest BCUT2D eigenvalue weighted by Gasteiger charge is 2.24. The van der Waals surface area contributed by atoms with E-state index < -0.39 is 10.0 Å². The van der Waals surface area contributed by atoms with Gasteiger partial charge in [0.25, 0.3) is 10.0 Å². The number of rotatable bonds is 6. The molecule has 0 bridgehead atoms. The van der Waals surface area contributed by atoms with Crippen molar-refractivity contribution >= 4 is 10.0 Å². The lowest BCUT2D eigenvalue weighted by molar-refractivity contribution is 0.509. The van der Waals surface area contributed by atoms with E-state index in [1.54, 1.807) is 24.3 Å². The molecule has 21 heavy (non-hydrogen) atoms. The van der Waals surface area contributed by atoms with E-state index in [9.17, 15) is 8.42 Å². The summed E-state index contributed by atoms with van der Waals surface area (Å²) in [5, 5.41) is 0. The van der Waals surface area contributed by atoms with Crippen LogP contribution < -0.4 is 0 Å². The largest absolute Gasteiger partial charge is 0.264 e. The normalized spacial score (nSPS) is 13.2. The Balaban J connectivity index is 3.32. The minimum atomic E-state index is -3.56. The SMILES string of the molecule is C/C=C\C(=C/C)N(C/C=C/C)S(=O)(=O)c1ccc(C)cc1. The Morgan fingerprint density at radius 2 is 1.71 bits per heavy atom. The van der Waals surface area contributed by atoms with Crippen LogP contribution in [0.5, 0.6) is 0 Å². The average Bonchev–Trinajstić information content (AvgIpc) is 2.46. The second kappa shape index (κ2) is 7.84. The van der Waals surface area contributed by atoms with Gasteiger partial charge in [0.05, 0.1) is 11.4 Å². The third kappa shape index (κ3) is 4.33. The first-order valence-corrected chi connectivity index (χ1v) is 8.41. The summed E-state index contributed by atoms with van der Waals surface area (Å²) in [6, 6.07) is 6.92. The molecule has 0 saturated heterocycles. The maximum Gasteiger partial charge on any atom is 0.264 e. The van der Waals surface area contributed by atoms with Crippen molar-refractivity contribution in [2.45, 2.75) is 32.6 Å². The van der Waals surface area contributed by atoms with Crippen molar-refractivity contribution in [1.29, 1.82) is 0 Å². The van der Waals surface area contributed by atoms with Gasteiger partial charge in [-0.25, -0.2) is 8.42 Å². The first-order chi connectivity index (χ1) is 9.97. The number of sulfonamides is 1. The van der Waals surface area contributed by atoms with Gasteiger partial charge >= 0.3 is 0 Å². The lowest BCUT2D eigenvalue weighted by Gasteiger charge is -2.24. The molecular weight excluding hydrogens is 282 g/mol. The minimum absolute atomic E-state index is 0.307. The Kier molecular flexibility index (Phi) is 6.43. The fourth-order valence-electron chi connectivity index (χ4n) is 1.88. The number of hydrogen-bond acceptors (Lipinski definition) is 2. The van der Waals surface area contributed by atoms with E-state index >= 15 is 0 Å². The van der Waals surface area contributed by atoms with Crippen LogP contribution in [0.3, 0.4) is 0 Å². The van der Waals surface area contributed by atoms with Crippen molar-refractivity contribution in [3.63, 3.8) is 0 Å². The molecule has 0 fully saturated rings. The molecule has 0 aliphatic carbocycles. The molecule has 0 atom stereocenters. The van der Waals surface area contributed by atoms with Gasteiger partial charge in [-0.1, -0.05) is 42.0 Å². The summed E-state index contributed by atoms with van der Waals surface area (Å²) < 4.78 is 27.1. The van der Waals surface area contributed by atoms with Gasteiger partial charge in [0.2, 0.25) is 0 Å². The summed E-state index contributed by atoms with van der Waals surface area (Å²) in [5.74, 6) is 0. The van der Waals surface area contributed by atoms with Crippen molar-refractivity contribution in [1.82, 2.24) is 4.31 Å². The highest BCUT2D eigenvalue weighted by Crippen LogP contribution is 2.21. The van der Waals surface area contributed by atoms with Crippen LogP contribution in [0.1, 0.15) is 26.3 Å². The molecule has 0 unspecified atom stereocenters. The zero-order valence-corrected chi connectivity index (χ0v) is 13.9. The van der Waals surface area contributed by atoms with Crippen LogP contribution in [-0.4, -0.2) is 19.3 Å². The van der Waals surface area contributed by atoms with Gasteiger partial charge in [-0.05, 0) is 45.9 Å². The molecule has 0 amide bonds. The second-order valence-electron chi connectivity index (χ2n) is 4.63. The molecule has 0 aromatic heterocycles. The summed E-state index contributed by atoms with van der Waals surface area (Å²) in [4.78, 5) is 0.307. The molecule has 114 valence electrons. The van der Waals surface area contributed by atoms with Gasteiger partial charge in [0.1, 0.15) is 0 Å². The zero-order valence-electron chi connectivity index (χ0n) is 13.1. The van der Waals surface area contributed by atoms with E-state index in [1.807, 2.05) is 58.1 Å². The molecule has 3 nitrogen and oxygen atoms in total. The molecule has 0 spiro atoms. The topological polar surface area (TPSA) is 37.4 Å². The molecule has 0 heterocycles. The number of benzene rings is 1. The Morgan fingerprint density at radius 1 is 1.10 bits per heavy atom. The Morgan fingerprint density at radius 3 is 2.19 bits per heavy atom. The van der Waals surface area contributed by atoms with Gasteiger partial charge < -0.3 is 0 Å². The smallest absolute Gasteiger partial charge is 0.263 e. The first kappa shape index (κ1) is 17.2. The van der Waals surface area contributed by atoms with Crippen LogP contribution in [0.15, 0.2) is 65.2 Å². The van der Waals surface area contributed by atoms with E-state index in [1.165, 1.54) is 4.31 Å². The van der Waals surface area contributed by atoms with Crippen molar-refractivity contribution in [3.05, 3.63) is 65.9 Å². The van der Waals surface area contributed by atoms with Gasteiger partial charge in [0.15, 0.2) is 0 Å². The number of aryl methyl sites for hydroxylation is 1. The molecule has 0 aliphatic heterocycles. The third-order valence-corrected chi connectivity index (χ3v) is 4.85. The number of hydrogen-bond donors (Lipinski definition) is 0. The first-order valence-electron chi connectivity index (χ1n) is 6.97. The van der Waals surface area contributed by atoms with Crippen molar-refractivity contribution in [2.24, 2.45) is 0 Å². The predicted molar refractivity (Wildman–Crippen MR) is 88.5 cm³/mol. The third-order valence-electron chi connectivity index (χ3n) is 3.04. The molecule has 1 aromatic rings. The second-order valence-corrected chi connectivity index (χ2v) is 6.49. The average molecular weight is 305 g/mol. The quantitative estimate of drug-likeness (QED) is 0.587. The standard InChI is InChI=1S/C17H23NO2S/c1-5-8-14-18(16(7-3)9-6-2)21(19,20)17-12-10-15(4)11-13-17/h5-13H,14H2,1-4H3/b8-5+,9-6-,16-7+. The lowest BCUT2D eigenvalue weighted by atomic mass is 10.2. The molecular formula is C17H23NO2S. The summed E-state index contributed by atoms with van der Waals surface area (Å²) in [5.41, 5.74) is 1.70. The summed E-state index contributed by atoms with van der Waals surface area (Å²) in [6.07, 6.45) is 9.12. The van der Waals surface area contributed by atoms with E-state index in [0.717, 1.165) is 5.56 Å². The van der Waals surface area contributed by atoms with Gasteiger partial charge in [-0.2, -0.15) is 0 Å². The molecule has 0 radical (unpaired) electrons. The van der Waals surface area contributed by atoms with Crippen LogP contribution in [0.2, 0.25) is 0 Å². The maximum absolute atomic E-state index is 12.8. The molecule has 0 N–H and O–H groups in total. The van der Waals surface area contributed by atoms with E-state index in [-0.39, 0.29) is 0 Å². The molecule has 1 rings (SSSR count). The summed E-state index contributed by atoms with van der Waals surface area (Å²) >= 11 is 0.